The number of carbonyl (C=O) groups is 3. The molecule has 29 heavy (non-hydrogen) atoms. The number of nitrogens with zero attached hydrogens (tertiary/aromatic N) is 1. The number of Topliss-reactive ketones (excluding diaryl/α,β-unsaturated/α-hetero) is 1. The Balaban J connectivity index is 1.79. The largest absolute Gasteiger partial charge is 0.435 e. The lowest BCUT2D eigenvalue weighted by Gasteiger charge is -2.22. The number of hydrogen-bond donors (Lipinski definition) is 1. The number of nitrogens with one attached hydrogen (secondary N) is 1. The molecule has 0 saturated carbocycles. The lowest BCUT2D eigenvalue weighted by molar-refractivity contribution is -0.130. The molecule has 152 valence electrons. The van der Waals surface area contributed by atoms with Crippen molar-refractivity contribution in [2.24, 2.45) is 0 Å². The maximum atomic E-state index is 12.9. The minimum Gasteiger partial charge on any atom is -0.435 e. The van der Waals surface area contributed by atoms with Crippen LogP contribution in [0.15, 0.2) is 42.5 Å². The van der Waals surface area contributed by atoms with Crippen molar-refractivity contribution in [2.45, 2.75) is 32.9 Å². The number of ether oxygens (including phenoxy) is 1. The summed E-state index contributed by atoms with van der Waals surface area (Å²) in [7, 11) is 0. The first-order chi connectivity index (χ1) is 13.6. The molecule has 1 atom stereocenters. The smallest absolute Gasteiger partial charge is 0.387 e. The molecule has 0 aromatic heterocycles. The first-order valence-electron chi connectivity index (χ1n) is 8.92. The Hall–Kier alpha value is -3.29. The van der Waals surface area contributed by atoms with Crippen LogP contribution >= 0.6 is 0 Å². The molecule has 1 N–H and O–H groups in total. The van der Waals surface area contributed by atoms with E-state index in [1.54, 1.807) is 12.1 Å². The molecular weight excluding hydrogens is 382 g/mol. The number of benzene rings is 2. The van der Waals surface area contributed by atoms with Gasteiger partial charge >= 0.3 is 12.6 Å². The van der Waals surface area contributed by atoms with E-state index in [0.717, 1.165) is 16.0 Å². The van der Waals surface area contributed by atoms with Crippen molar-refractivity contribution in [2.75, 3.05) is 6.54 Å². The van der Waals surface area contributed by atoms with Crippen LogP contribution in [0.2, 0.25) is 0 Å². The van der Waals surface area contributed by atoms with Gasteiger partial charge < -0.3 is 10.1 Å². The molecular formula is C21H20F2N2O4. The van der Waals surface area contributed by atoms with Gasteiger partial charge in [-0.1, -0.05) is 24.3 Å². The number of rotatable bonds is 6. The normalized spacial score (nSPS) is 18.9. The summed E-state index contributed by atoms with van der Waals surface area (Å²) in [5.74, 6) is -1.02. The second-order valence-electron chi connectivity index (χ2n) is 7.07. The van der Waals surface area contributed by atoms with Crippen LogP contribution in [0.1, 0.15) is 34.0 Å². The summed E-state index contributed by atoms with van der Waals surface area (Å²) in [6, 6.07) is 9.91. The maximum absolute atomic E-state index is 12.9. The number of aryl methyl sites for hydroxylation is 2. The number of carbonyl (C=O) groups excluding carboxylic acids is 3. The number of hydrogen-bond acceptors (Lipinski definition) is 4. The van der Waals surface area contributed by atoms with Gasteiger partial charge in [0.2, 0.25) is 0 Å². The third-order valence-electron chi connectivity index (χ3n) is 5.06. The first kappa shape index (κ1) is 20.4. The molecule has 3 amide bonds. The lowest BCUT2D eigenvalue weighted by atomic mass is 9.92. The van der Waals surface area contributed by atoms with Crippen molar-refractivity contribution in [1.82, 2.24) is 10.2 Å². The molecule has 1 aliphatic rings. The molecule has 1 heterocycles. The zero-order valence-corrected chi connectivity index (χ0v) is 16.2. The summed E-state index contributed by atoms with van der Waals surface area (Å²) in [4.78, 5) is 38.8. The summed E-state index contributed by atoms with van der Waals surface area (Å²) < 4.78 is 28.9. The van der Waals surface area contributed by atoms with E-state index in [9.17, 15) is 23.2 Å². The lowest BCUT2D eigenvalue weighted by Crippen LogP contribution is -2.41. The number of urea groups is 1. The summed E-state index contributed by atoms with van der Waals surface area (Å²) >= 11 is 0. The number of alkyl halides is 2. The second-order valence-corrected chi connectivity index (χ2v) is 7.07. The third kappa shape index (κ3) is 3.96. The molecule has 0 radical (unpaired) electrons. The Bertz CT molecular complexity index is 975. The van der Waals surface area contributed by atoms with Crippen molar-refractivity contribution < 1.29 is 27.9 Å². The quantitative estimate of drug-likeness (QED) is 0.592. The van der Waals surface area contributed by atoms with Crippen LogP contribution < -0.4 is 10.1 Å². The average molecular weight is 402 g/mol. The molecule has 6 nitrogen and oxygen atoms in total. The van der Waals surface area contributed by atoms with Crippen LogP contribution in [-0.2, 0) is 10.3 Å². The van der Waals surface area contributed by atoms with Crippen LogP contribution in [0.3, 0.4) is 0 Å². The highest BCUT2D eigenvalue weighted by atomic mass is 19.3. The summed E-state index contributed by atoms with van der Waals surface area (Å²) in [6.07, 6.45) is 0. The van der Waals surface area contributed by atoms with Gasteiger partial charge in [0.05, 0.1) is 6.54 Å². The minimum absolute atomic E-state index is 0.0640. The molecule has 1 unspecified atom stereocenters. The zero-order chi connectivity index (χ0) is 21.3. The fourth-order valence-electron chi connectivity index (χ4n) is 3.16. The molecule has 8 heteroatoms. The fourth-order valence-corrected chi connectivity index (χ4v) is 3.16. The second kappa shape index (κ2) is 7.62. The zero-order valence-electron chi connectivity index (χ0n) is 16.2. The molecule has 1 aliphatic heterocycles. The highest BCUT2D eigenvalue weighted by Gasteiger charge is 2.49. The van der Waals surface area contributed by atoms with Crippen molar-refractivity contribution >= 4 is 17.7 Å². The molecule has 0 bridgehead atoms. The Morgan fingerprint density at radius 3 is 2.34 bits per heavy atom. The van der Waals surface area contributed by atoms with E-state index in [2.05, 4.69) is 10.1 Å². The molecule has 0 aliphatic carbocycles. The molecule has 2 aromatic rings. The molecule has 1 fully saturated rings. The fraction of sp³-hybridized carbons (Fsp3) is 0.286. The van der Waals surface area contributed by atoms with Crippen LogP contribution in [-0.4, -0.2) is 35.8 Å². The van der Waals surface area contributed by atoms with Gasteiger partial charge in [-0.05, 0) is 55.7 Å². The first-order valence-corrected chi connectivity index (χ1v) is 8.92. The van der Waals surface area contributed by atoms with Gasteiger partial charge in [-0.15, -0.1) is 0 Å². The summed E-state index contributed by atoms with van der Waals surface area (Å²) in [5.41, 5.74) is 1.35. The standard InChI is InChI=1S/C21H20F2N2O4/c1-12-4-5-14(10-13(12)2)17(26)11-25-18(27)21(3,24-20(25)28)15-6-8-16(9-7-15)29-19(22)23/h4-10,19H,11H2,1-3H3,(H,24,28). The Kier molecular flexibility index (Phi) is 5.37. The molecule has 2 aromatic carbocycles. The van der Waals surface area contributed by atoms with Crippen molar-refractivity contribution in [3.63, 3.8) is 0 Å². The number of halogens is 2. The predicted molar refractivity (Wildman–Crippen MR) is 101 cm³/mol. The van der Waals surface area contributed by atoms with Gasteiger partial charge in [0.25, 0.3) is 5.91 Å². The number of amides is 3. The topological polar surface area (TPSA) is 75.7 Å². The number of ketones is 1. The van der Waals surface area contributed by atoms with Gasteiger partial charge in [0, 0.05) is 5.56 Å². The van der Waals surface area contributed by atoms with E-state index in [-0.39, 0.29) is 11.5 Å². The molecule has 3 rings (SSSR count). The van der Waals surface area contributed by atoms with Crippen molar-refractivity contribution in [3.8, 4) is 5.75 Å². The van der Waals surface area contributed by atoms with Crippen LogP contribution in [0, 0.1) is 13.8 Å². The van der Waals surface area contributed by atoms with E-state index >= 15 is 0 Å². The molecule has 0 spiro atoms. The van der Waals surface area contributed by atoms with E-state index in [1.807, 2.05) is 19.9 Å². The monoisotopic (exact) mass is 402 g/mol. The summed E-state index contributed by atoms with van der Waals surface area (Å²) in [5, 5.41) is 2.58. The van der Waals surface area contributed by atoms with Gasteiger partial charge in [-0.3, -0.25) is 14.5 Å². The highest BCUT2D eigenvalue weighted by molar-refractivity contribution is 6.11. The van der Waals surface area contributed by atoms with Crippen molar-refractivity contribution in [3.05, 3.63) is 64.7 Å². The van der Waals surface area contributed by atoms with Crippen LogP contribution in [0.4, 0.5) is 13.6 Å². The van der Waals surface area contributed by atoms with Gasteiger partial charge in [0.15, 0.2) is 5.78 Å². The summed E-state index contributed by atoms with van der Waals surface area (Å²) in [6.45, 7) is 1.94. The van der Waals surface area contributed by atoms with Gasteiger partial charge in [-0.2, -0.15) is 8.78 Å². The van der Waals surface area contributed by atoms with E-state index in [1.165, 1.54) is 31.2 Å². The molecule has 1 saturated heterocycles. The number of imide groups is 1. The average Bonchev–Trinajstić information content (AvgIpc) is 2.88. The Labute approximate surface area is 166 Å². The van der Waals surface area contributed by atoms with Crippen molar-refractivity contribution in [1.29, 1.82) is 0 Å². The van der Waals surface area contributed by atoms with Crippen LogP contribution in [0.5, 0.6) is 5.75 Å². The SMILES string of the molecule is Cc1ccc(C(=O)CN2C(=O)NC(C)(c3ccc(OC(F)F)cc3)C2=O)cc1C. The Morgan fingerprint density at radius 2 is 1.76 bits per heavy atom. The van der Waals surface area contributed by atoms with Gasteiger partial charge in [0.1, 0.15) is 11.3 Å². The highest BCUT2D eigenvalue weighted by Crippen LogP contribution is 2.30. The minimum atomic E-state index is -2.96. The Morgan fingerprint density at radius 1 is 1.10 bits per heavy atom. The predicted octanol–water partition coefficient (Wildman–Crippen LogP) is 3.55. The van der Waals surface area contributed by atoms with Crippen LogP contribution in [0.25, 0.3) is 0 Å². The third-order valence-corrected chi connectivity index (χ3v) is 5.06. The maximum Gasteiger partial charge on any atom is 0.387 e. The van der Waals surface area contributed by atoms with E-state index in [4.69, 9.17) is 0 Å². The van der Waals surface area contributed by atoms with Gasteiger partial charge in [-0.25, -0.2) is 4.79 Å². The van der Waals surface area contributed by atoms with E-state index in [0.29, 0.717) is 11.1 Å². The van der Waals surface area contributed by atoms with E-state index < -0.39 is 30.6 Å².